The first-order valence-corrected chi connectivity index (χ1v) is 8.55. The smallest absolute Gasteiger partial charge is 0.324 e. The Morgan fingerprint density at radius 1 is 1.25 bits per heavy atom. The maximum absolute atomic E-state index is 12.4. The van der Waals surface area contributed by atoms with Crippen molar-refractivity contribution < 1.29 is 9.53 Å². The number of aryl methyl sites for hydroxylation is 2. The van der Waals surface area contributed by atoms with Crippen LogP contribution in [0.1, 0.15) is 29.1 Å². The molecule has 1 aromatic carbocycles. The second kappa shape index (κ2) is 7.00. The highest BCUT2D eigenvalue weighted by atomic mass is 32.2. The van der Waals surface area contributed by atoms with Crippen LogP contribution in [-0.4, -0.2) is 32.2 Å². The van der Waals surface area contributed by atoms with Crippen molar-refractivity contribution in [1.82, 2.24) is 19.6 Å². The molecule has 0 unspecified atom stereocenters. The lowest BCUT2D eigenvalue weighted by atomic mass is 10.1. The van der Waals surface area contributed by atoms with E-state index in [2.05, 4.69) is 15.1 Å². The summed E-state index contributed by atoms with van der Waals surface area (Å²) in [6.07, 6.45) is 0. The molecule has 24 heavy (non-hydrogen) atoms. The minimum atomic E-state index is -0.509. The summed E-state index contributed by atoms with van der Waals surface area (Å²) in [6.45, 7) is 6.00. The fourth-order valence-electron chi connectivity index (χ4n) is 2.40. The lowest BCUT2D eigenvalue weighted by Crippen LogP contribution is -2.13. The Balaban J connectivity index is 1.95. The minimum absolute atomic E-state index is 0.298. The molecular formula is C17H18N4O2S. The molecule has 0 aliphatic heterocycles. The molecule has 7 heteroatoms. The number of thioether (sulfide) groups is 1. The Morgan fingerprint density at radius 3 is 2.71 bits per heavy atom. The van der Waals surface area contributed by atoms with Crippen LogP contribution in [0.5, 0.6) is 0 Å². The molecule has 0 fully saturated rings. The molecule has 0 N–H and O–H groups in total. The predicted molar refractivity (Wildman–Crippen MR) is 91.9 cm³/mol. The van der Waals surface area contributed by atoms with Crippen molar-refractivity contribution in [3.05, 3.63) is 53.3 Å². The van der Waals surface area contributed by atoms with Gasteiger partial charge in [0.2, 0.25) is 5.16 Å². The Labute approximate surface area is 144 Å². The van der Waals surface area contributed by atoms with Gasteiger partial charge >= 0.3 is 5.97 Å². The van der Waals surface area contributed by atoms with E-state index in [1.165, 1.54) is 11.8 Å². The quantitative estimate of drug-likeness (QED) is 0.524. The fraction of sp³-hybridized carbons (Fsp3) is 0.294. The van der Waals surface area contributed by atoms with Crippen molar-refractivity contribution >= 4 is 23.5 Å². The van der Waals surface area contributed by atoms with Crippen LogP contribution in [0.15, 0.2) is 41.6 Å². The molecule has 0 saturated carbocycles. The zero-order valence-electron chi connectivity index (χ0n) is 13.8. The summed E-state index contributed by atoms with van der Waals surface area (Å²) in [5, 5.41) is 4.45. The summed E-state index contributed by atoms with van der Waals surface area (Å²) in [7, 11) is 0. The number of carbonyl (C=O) groups excluding carboxylic acids is 1. The first kappa shape index (κ1) is 16.4. The van der Waals surface area contributed by atoms with Gasteiger partial charge in [0, 0.05) is 11.4 Å². The number of ether oxygens (including phenoxy) is 1. The van der Waals surface area contributed by atoms with Crippen LogP contribution in [0.4, 0.5) is 0 Å². The average Bonchev–Trinajstić information content (AvgIpc) is 2.96. The molecule has 1 atom stereocenters. The molecule has 124 valence electrons. The van der Waals surface area contributed by atoms with E-state index in [4.69, 9.17) is 4.74 Å². The second-order valence-corrected chi connectivity index (χ2v) is 6.38. The van der Waals surface area contributed by atoms with E-state index in [1.807, 2.05) is 50.2 Å². The summed E-state index contributed by atoms with van der Waals surface area (Å²) in [5.41, 5.74) is 2.69. The van der Waals surface area contributed by atoms with Crippen LogP contribution in [0, 0.1) is 13.8 Å². The largest absolute Gasteiger partial charge is 0.465 e. The topological polar surface area (TPSA) is 69.4 Å². The zero-order valence-corrected chi connectivity index (χ0v) is 14.6. The van der Waals surface area contributed by atoms with Gasteiger partial charge in [-0.05, 0) is 32.4 Å². The van der Waals surface area contributed by atoms with E-state index in [9.17, 15) is 4.79 Å². The first-order valence-electron chi connectivity index (χ1n) is 7.67. The zero-order chi connectivity index (χ0) is 17.1. The van der Waals surface area contributed by atoms with E-state index < -0.39 is 5.25 Å². The molecule has 0 radical (unpaired) electrons. The van der Waals surface area contributed by atoms with Gasteiger partial charge in [-0.3, -0.25) is 4.79 Å². The highest BCUT2D eigenvalue weighted by molar-refractivity contribution is 8.00. The van der Waals surface area contributed by atoms with Crippen LogP contribution < -0.4 is 0 Å². The summed E-state index contributed by atoms with van der Waals surface area (Å²) in [5.74, 6) is 0.235. The van der Waals surface area contributed by atoms with Crippen molar-refractivity contribution in [3.8, 4) is 0 Å². The van der Waals surface area contributed by atoms with Gasteiger partial charge in [-0.2, -0.15) is 4.98 Å². The number of carbonyl (C=O) groups is 1. The molecule has 2 heterocycles. The van der Waals surface area contributed by atoms with Gasteiger partial charge in [-0.15, -0.1) is 5.10 Å². The predicted octanol–water partition coefficient (Wildman–Crippen LogP) is 3.14. The maximum atomic E-state index is 12.4. The summed E-state index contributed by atoms with van der Waals surface area (Å²) >= 11 is 1.27. The third kappa shape index (κ3) is 3.41. The van der Waals surface area contributed by atoms with Gasteiger partial charge < -0.3 is 4.74 Å². The Morgan fingerprint density at radius 2 is 2.00 bits per heavy atom. The third-order valence-corrected chi connectivity index (χ3v) is 4.51. The number of hydrogen-bond acceptors (Lipinski definition) is 6. The molecule has 6 nitrogen and oxygen atoms in total. The van der Waals surface area contributed by atoms with Crippen molar-refractivity contribution in [2.24, 2.45) is 0 Å². The van der Waals surface area contributed by atoms with E-state index >= 15 is 0 Å². The monoisotopic (exact) mass is 342 g/mol. The normalized spacial score (nSPS) is 12.3. The van der Waals surface area contributed by atoms with Crippen molar-refractivity contribution in [2.45, 2.75) is 31.2 Å². The first-order chi connectivity index (χ1) is 11.6. The van der Waals surface area contributed by atoms with Crippen LogP contribution in [0.2, 0.25) is 0 Å². The third-order valence-electron chi connectivity index (χ3n) is 3.43. The SMILES string of the molecule is CCOC(=O)[C@H](Sc1nc2nc(C)cc(C)n2n1)c1ccccc1. The Kier molecular flexibility index (Phi) is 4.80. The number of rotatable bonds is 5. The molecule has 0 saturated heterocycles. The Hall–Kier alpha value is -2.41. The van der Waals surface area contributed by atoms with Gasteiger partial charge in [0.1, 0.15) is 5.25 Å². The highest BCUT2D eigenvalue weighted by Crippen LogP contribution is 2.34. The molecule has 0 bridgehead atoms. The standard InChI is InChI=1S/C17H18N4O2S/c1-4-23-15(22)14(13-8-6-5-7-9-13)24-17-19-16-18-11(2)10-12(3)21(16)20-17/h5-10,14H,4H2,1-3H3/t14-/m1/s1. The number of esters is 1. The molecular weight excluding hydrogens is 324 g/mol. The lowest BCUT2D eigenvalue weighted by Gasteiger charge is -2.13. The second-order valence-electron chi connectivity index (χ2n) is 5.31. The molecule has 0 amide bonds. The molecule has 2 aromatic heterocycles. The number of benzene rings is 1. The van der Waals surface area contributed by atoms with Gasteiger partial charge in [0.25, 0.3) is 5.78 Å². The van der Waals surface area contributed by atoms with E-state index in [0.29, 0.717) is 17.5 Å². The number of fused-ring (bicyclic) bond motifs is 1. The highest BCUT2D eigenvalue weighted by Gasteiger charge is 2.25. The minimum Gasteiger partial charge on any atom is -0.465 e. The van der Waals surface area contributed by atoms with Crippen LogP contribution in [-0.2, 0) is 9.53 Å². The number of aromatic nitrogens is 4. The van der Waals surface area contributed by atoms with Gasteiger partial charge in [0.15, 0.2) is 0 Å². The summed E-state index contributed by atoms with van der Waals surface area (Å²) in [4.78, 5) is 21.2. The molecule has 0 aliphatic rings. The summed E-state index contributed by atoms with van der Waals surface area (Å²) in [6, 6.07) is 11.4. The van der Waals surface area contributed by atoms with Gasteiger partial charge in [-0.1, -0.05) is 42.1 Å². The van der Waals surface area contributed by atoms with Crippen LogP contribution >= 0.6 is 11.8 Å². The fourth-order valence-corrected chi connectivity index (χ4v) is 3.33. The number of nitrogens with zero attached hydrogens (tertiary/aromatic N) is 4. The molecule has 0 spiro atoms. The lowest BCUT2D eigenvalue weighted by molar-refractivity contribution is -0.142. The molecule has 3 aromatic rings. The molecule has 0 aliphatic carbocycles. The van der Waals surface area contributed by atoms with Gasteiger partial charge in [-0.25, -0.2) is 9.50 Å². The van der Waals surface area contributed by atoms with Gasteiger partial charge in [0.05, 0.1) is 6.61 Å². The van der Waals surface area contributed by atoms with E-state index in [-0.39, 0.29) is 5.97 Å². The van der Waals surface area contributed by atoms with Crippen LogP contribution in [0.3, 0.4) is 0 Å². The van der Waals surface area contributed by atoms with E-state index in [1.54, 1.807) is 11.4 Å². The summed E-state index contributed by atoms with van der Waals surface area (Å²) < 4.78 is 6.89. The van der Waals surface area contributed by atoms with Crippen molar-refractivity contribution in [1.29, 1.82) is 0 Å². The van der Waals surface area contributed by atoms with E-state index in [0.717, 1.165) is 17.0 Å². The van der Waals surface area contributed by atoms with Crippen molar-refractivity contribution in [2.75, 3.05) is 6.61 Å². The average molecular weight is 342 g/mol. The number of hydrogen-bond donors (Lipinski definition) is 0. The Bertz CT molecular complexity index is 864. The molecule has 3 rings (SSSR count). The van der Waals surface area contributed by atoms with Crippen LogP contribution in [0.25, 0.3) is 5.78 Å². The van der Waals surface area contributed by atoms with Crippen molar-refractivity contribution in [3.63, 3.8) is 0 Å². The maximum Gasteiger partial charge on any atom is 0.324 e.